The maximum atomic E-state index is 9.26. The number of aliphatic hydroxyl groups excluding tert-OH is 1. The lowest BCUT2D eigenvalue weighted by Crippen LogP contribution is -2.02. The van der Waals surface area contributed by atoms with Gasteiger partial charge in [0.1, 0.15) is 0 Å². The molecule has 0 saturated heterocycles. The topological polar surface area (TPSA) is 20.2 Å². The Kier molecular flexibility index (Phi) is 9.62. The van der Waals surface area contributed by atoms with Gasteiger partial charge in [0.15, 0.2) is 0 Å². The fraction of sp³-hybridized carbons (Fsp3) is 0.429. The van der Waals surface area contributed by atoms with Crippen LogP contribution in [0.3, 0.4) is 0 Å². The average Bonchev–Trinajstić information content (AvgIpc) is 2.26. The first-order valence-electron chi connectivity index (χ1n) is 5.26. The summed E-state index contributed by atoms with van der Waals surface area (Å²) in [6.07, 6.45) is 9.68. The first kappa shape index (κ1) is 13.6. The van der Waals surface area contributed by atoms with Gasteiger partial charge >= 0.3 is 0 Å². The highest BCUT2D eigenvalue weighted by atomic mass is 16.3. The number of hydrogen-bond donors (Lipinski definition) is 1. The molecule has 0 aliphatic carbocycles. The van der Waals surface area contributed by atoms with Crippen LogP contribution in [0.2, 0.25) is 0 Å². The van der Waals surface area contributed by atoms with Crippen LogP contribution in [-0.2, 0) is 0 Å². The van der Waals surface area contributed by atoms with Gasteiger partial charge in [-0.2, -0.15) is 0 Å². The summed E-state index contributed by atoms with van der Waals surface area (Å²) in [5.74, 6) is 11.0. The molecule has 0 spiro atoms. The van der Waals surface area contributed by atoms with Crippen LogP contribution in [0.4, 0.5) is 0 Å². The van der Waals surface area contributed by atoms with E-state index in [1.54, 1.807) is 12.2 Å². The van der Waals surface area contributed by atoms with Crippen molar-refractivity contribution in [2.45, 2.75) is 39.2 Å². The van der Waals surface area contributed by atoms with E-state index in [1.165, 1.54) is 0 Å². The summed E-state index contributed by atoms with van der Waals surface area (Å²) in [5, 5.41) is 9.26. The molecule has 0 aromatic carbocycles. The quantitative estimate of drug-likeness (QED) is 0.695. The van der Waals surface area contributed by atoms with Gasteiger partial charge in [-0.25, -0.2) is 0 Å². The van der Waals surface area contributed by atoms with Crippen LogP contribution in [0.5, 0.6) is 0 Å². The van der Waals surface area contributed by atoms with Gasteiger partial charge in [0.2, 0.25) is 0 Å². The minimum atomic E-state index is -0.183. The van der Waals surface area contributed by atoms with Crippen LogP contribution in [0.1, 0.15) is 33.1 Å². The van der Waals surface area contributed by atoms with Gasteiger partial charge in [-0.15, -0.1) is 0 Å². The lowest BCUT2D eigenvalue weighted by Gasteiger charge is -2.02. The van der Waals surface area contributed by atoms with E-state index in [9.17, 15) is 5.11 Å². The zero-order valence-electron chi connectivity index (χ0n) is 9.46. The molecular weight excluding hydrogens is 184 g/mol. The predicted octanol–water partition coefficient (Wildman–Crippen LogP) is 2.68. The SMILES string of the molecule is C/C=C/C#CC#C/C=C/CCC(O)CC. The molecule has 0 aliphatic rings. The van der Waals surface area contributed by atoms with Crippen molar-refractivity contribution < 1.29 is 5.11 Å². The van der Waals surface area contributed by atoms with Gasteiger partial charge in [0.25, 0.3) is 0 Å². The number of hydrogen-bond acceptors (Lipinski definition) is 1. The van der Waals surface area contributed by atoms with Gasteiger partial charge in [0.05, 0.1) is 6.10 Å². The molecule has 80 valence electrons. The largest absolute Gasteiger partial charge is 0.393 e. The zero-order chi connectivity index (χ0) is 11.4. The molecule has 0 saturated carbocycles. The summed E-state index contributed by atoms with van der Waals surface area (Å²) >= 11 is 0. The molecule has 1 N–H and O–H groups in total. The van der Waals surface area contributed by atoms with Crippen LogP contribution in [0.25, 0.3) is 0 Å². The number of allylic oxidation sites excluding steroid dienone is 4. The minimum Gasteiger partial charge on any atom is -0.393 e. The number of aliphatic hydroxyl groups is 1. The van der Waals surface area contributed by atoms with Crippen molar-refractivity contribution in [1.29, 1.82) is 0 Å². The Morgan fingerprint density at radius 1 is 1.20 bits per heavy atom. The second-order valence-electron chi connectivity index (χ2n) is 3.08. The van der Waals surface area contributed by atoms with E-state index in [4.69, 9.17) is 0 Å². The van der Waals surface area contributed by atoms with Gasteiger partial charge in [0, 0.05) is 0 Å². The lowest BCUT2D eigenvalue weighted by atomic mass is 10.1. The van der Waals surface area contributed by atoms with E-state index in [2.05, 4.69) is 23.7 Å². The molecular formula is C14H18O. The van der Waals surface area contributed by atoms with Crippen LogP contribution >= 0.6 is 0 Å². The van der Waals surface area contributed by atoms with Crippen LogP contribution in [-0.4, -0.2) is 11.2 Å². The average molecular weight is 202 g/mol. The van der Waals surface area contributed by atoms with Crippen molar-refractivity contribution in [3.05, 3.63) is 24.3 Å². The molecule has 1 nitrogen and oxygen atoms in total. The van der Waals surface area contributed by atoms with Crippen molar-refractivity contribution in [1.82, 2.24) is 0 Å². The van der Waals surface area contributed by atoms with E-state index in [-0.39, 0.29) is 6.10 Å². The summed E-state index contributed by atoms with van der Waals surface area (Å²) in [7, 11) is 0. The maximum Gasteiger partial charge on any atom is 0.0540 e. The maximum absolute atomic E-state index is 9.26. The third-order valence-corrected chi connectivity index (χ3v) is 1.80. The van der Waals surface area contributed by atoms with Gasteiger partial charge in [-0.1, -0.05) is 30.9 Å². The summed E-state index contributed by atoms with van der Waals surface area (Å²) in [6.45, 7) is 3.89. The van der Waals surface area contributed by atoms with Crippen LogP contribution in [0, 0.1) is 23.7 Å². The predicted molar refractivity (Wildman–Crippen MR) is 65.0 cm³/mol. The second-order valence-corrected chi connectivity index (χ2v) is 3.08. The van der Waals surface area contributed by atoms with Crippen LogP contribution in [0.15, 0.2) is 24.3 Å². The Labute approximate surface area is 92.9 Å². The van der Waals surface area contributed by atoms with Crippen molar-refractivity contribution in [3.63, 3.8) is 0 Å². The molecule has 1 heteroatoms. The monoisotopic (exact) mass is 202 g/mol. The molecule has 1 unspecified atom stereocenters. The lowest BCUT2D eigenvalue weighted by molar-refractivity contribution is 0.161. The summed E-state index contributed by atoms with van der Waals surface area (Å²) < 4.78 is 0. The molecule has 0 rings (SSSR count). The zero-order valence-corrected chi connectivity index (χ0v) is 9.46. The molecule has 0 aliphatic heterocycles. The van der Waals surface area contributed by atoms with Crippen molar-refractivity contribution in [2.24, 2.45) is 0 Å². The van der Waals surface area contributed by atoms with Crippen LogP contribution < -0.4 is 0 Å². The summed E-state index contributed by atoms with van der Waals surface area (Å²) in [6, 6.07) is 0. The first-order valence-corrected chi connectivity index (χ1v) is 5.26. The molecule has 0 radical (unpaired) electrons. The summed E-state index contributed by atoms with van der Waals surface area (Å²) in [4.78, 5) is 0. The van der Waals surface area contributed by atoms with E-state index >= 15 is 0 Å². The molecule has 1 atom stereocenters. The minimum absolute atomic E-state index is 0.183. The standard InChI is InChI=1S/C14H18O/c1-3-5-6-7-8-9-10-11-12-13-14(15)4-2/h3,5,10-11,14-15H,4,12-13H2,1-2H3/b5-3+,11-10+. The van der Waals surface area contributed by atoms with E-state index in [0.717, 1.165) is 19.3 Å². The Morgan fingerprint density at radius 3 is 2.47 bits per heavy atom. The second kappa shape index (κ2) is 10.6. The highest BCUT2D eigenvalue weighted by Crippen LogP contribution is 2.00. The fourth-order valence-electron chi connectivity index (χ4n) is 0.874. The van der Waals surface area contributed by atoms with Crippen molar-refractivity contribution >= 4 is 0 Å². The van der Waals surface area contributed by atoms with E-state index < -0.39 is 0 Å². The van der Waals surface area contributed by atoms with Gasteiger partial charge in [-0.3, -0.25) is 0 Å². The van der Waals surface area contributed by atoms with Gasteiger partial charge in [-0.05, 0) is 50.2 Å². The van der Waals surface area contributed by atoms with E-state index in [1.807, 2.05) is 26.0 Å². The highest BCUT2D eigenvalue weighted by molar-refractivity contribution is 5.33. The van der Waals surface area contributed by atoms with Crippen molar-refractivity contribution in [2.75, 3.05) is 0 Å². The molecule has 0 amide bonds. The molecule has 0 bridgehead atoms. The Hall–Kier alpha value is -1.44. The van der Waals surface area contributed by atoms with Crippen molar-refractivity contribution in [3.8, 4) is 23.7 Å². The molecule has 0 heterocycles. The normalized spacial score (nSPS) is 11.9. The third-order valence-electron chi connectivity index (χ3n) is 1.80. The summed E-state index contributed by atoms with van der Waals surface area (Å²) in [5.41, 5.74) is 0. The first-order chi connectivity index (χ1) is 7.31. The molecule has 15 heavy (non-hydrogen) atoms. The number of rotatable bonds is 4. The molecule has 0 fully saturated rings. The molecule has 0 aromatic heterocycles. The Bertz CT molecular complexity index is 315. The Morgan fingerprint density at radius 2 is 1.87 bits per heavy atom. The third kappa shape index (κ3) is 10.5. The fourth-order valence-corrected chi connectivity index (χ4v) is 0.874. The van der Waals surface area contributed by atoms with E-state index in [0.29, 0.717) is 0 Å². The Balaban J connectivity index is 3.67. The van der Waals surface area contributed by atoms with Gasteiger partial charge < -0.3 is 5.11 Å². The highest BCUT2D eigenvalue weighted by Gasteiger charge is 1.96. The smallest absolute Gasteiger partial charge is 0.0540 e. The molecule has 0 aromatic rings.